The van der Waals surface area contributed by atoms with Gasteiger partial charge in [0.25, 0.3) is 0 Å². The summed E-state index contributed by atoms with van der Waals surface area (Å²) >= 11 is 0. The van der Waals surface area contributed by atoms with Crippen LogP contribution in [0.2, 0.25) is 0 Å². The van der Waals surface area contributed by atoms with Gasteiger partial charge in [-0.1, -0.05) is 18.2 Å². The highest BCUT2D eigenvalue weighted by Gasteiger charge is 2.28. The molecule has 0 aromatic heterocycles. The fourth-order valence-electron chi connectivity index (χ4n) is 2.67. The summed E-state index contributed by atoms with van der Waals surface area (Å²) in [4.78, 5) is 0. The van der Waals surface area contributed by atoms with Crippen molar-refractivity contribution in [2.24, 2.45) is 0 Å². The molecule has 3 rings (SSSR count). The summed E-state index contributed by atoms with van der Waals surface area (Å²) in [6.45, 7) is 0.522. The molecule has 2 atom stereocenters. The zero-order chi connectivity index (χ0) is 14.8. The molecule has 0 spiro atoms. The third-order valence-corrected chi connectivity index (χ3v) is 3.67. The lowest BCUT2D eigenvalue weighted by Crippen LogP contribution is -2.19. The molecule has 1 aliphatic rings. The molecule has 2 aromatic carbocycles. The standard InChI is InChI=1S/C17H17FO3/c1-20-10-11-3-2-4-12(7-11)16-9-15(19)14-6-5-13(18)8-17(14)21-16/h2-8,15-16,19H,9-10H2,1H3. The molecule has 2 unspecified atom stereocenters. The van der Waals surface area contributed by atoms with Crippen LogP contribution in [0.25, 0.3) is 0 Å². The Kier molecular flexibility index (Phi) is 3.90. The Hall–Kier alpha value is -1.91. The zero-order valence-electron chi connectivity index (χ0n) is 11.8. The third kappa shape index (κ3) is 2.91. The normalized spacial score (nSPS) is 20.7. The second-order valence-electron chi connectivity index (χ2n) is 5.22. The van der Waals surface area contributed by atoms with Crippen molar-refractivity contribution in [3.63, 3.8) is 0 Å². The number of methoxy groups -OCH3 is 1. The summed E-state index contributed by atoms with van der Waals surface area (Å²) in [7, 11) is 1.65. The molecule has 0 bridgehead atoms. The molecule has 0 saturated carbocycles. The number of ether oxygens (including phenoxy) is 2. The van der Waals surface area contributed by atoms with Gasteiger partial charge in [-0.2, -0.15) is 0 Å². The van der Waals surface area contributed by atoms with Crippen LogP contribution in [-0.4, -0.2) is 12.2 Å². The Morgan fingerprint density at radius 2 is 2.14 bits per heavy atom. The number of aliphatic hydroxyl groups is 1. The van der Waals surface area contributed by atoms with E-state index in [0.29, 0.717) is 24.3 Å². The highest BCUT2D eigenvalue weighted by Crippen LogP contribution is 2.41. The number of aliphatic hydroxyl groups excluding tert-OH is 1. The van der Waals surface area contributed by atoms with Gasteiger partial charge >= 0.3 is 0 Å². The molecule has 1 heterocycles. The molecule has 110 valence electrons. The highest BCUT2D eigenvalue weighted by molar-refractivity contribution is 5.39. The molecule has 0 aliphatic carbocycles. The summed E-state index contributed by atoms with van der Waals surface area (Å²) in [6.07, 6.45) is -0.480. The predicted molar refractivity (Wildman–Crippen MR) is 76.5 cm³/mol. The molecule has 1 aliphatic heterocycles. The molecule has 0 fully saturated rings. The van der Waals surface area contributed by atoms with Crippen LogP contribution < -0.4 is 4.74 Å². The van der Waals surface area contributed by atoms with Gasteiger partial charge in [0, 0.05) is 25.2 Å². The summed E-state index contributed by atoms with van der Waals surface area (Å²) in [5.41, 5.74) is 2.64. The first kappa shape index (κ1) is 14.0. The average molecular weight is 288 g/mol. The van der Waals surface area contributed by atoms with Gasteiger partial charge in [-0.05, 0) is 29.3 Å². The van der Waals surface area contributed by atoms with Crippen LogP contribution in [0.4, 0.5) is 4.39 Å². The fraction of sp³-hybridized carbons (Fsp3) is 0.294. The smallest absolute Gasteiger partial charge is 0.128 e. The van der Waals surface area contributed by atoms with Gasteiger partial charge in [0.2, 0.25) is 0 Å². The van der Waals surface area contributed by atoms with E-state index < -0.39 is 6.10 Å². The highest BCUT2D eigenvalue weighted by atomic mass is 19.1. The van der Waals surface area contributed by atoms with Crippen molar-refractivity contribution in [1.29, 1.82) is 0 Å². The number of rotatable bonds is 3. The van der Waals surface area contributed by atoms with Crippen LogP contribution >= 0.6 is 0 Å². The topological polar surface area (TPSA) is 38.7 Å². The first-order valence-electron chi connectivity index (χ1n) is 6.89. The van der Waals surface area contributed by atoms with Crippen molar-refractivity contribution in [3.8, 4) is 5.75 Å². The predicted octanol–water partition coefficient (Wildman–Crippen LogP) is 3.53. The number of halogens is 1. The van der Waals surface area contributed by atoms with Gasteiger partial charge in [-0.25, -0.2) is 4.39 Å². The SMILES string of the molecule is COCc1cccc(C2CC(O)c3ccc(F)cc3O2)c1. The molecule has 2 aromatic rings. The quantitative estimate of drug-likeness (QED) is 0.939. The van der Waals surface area contributed by atoms with Gasteiger partial charge in [-0.3, -0.25) is 0 Å². The van der Waals surface area contributed by atoms with E-state index in [1.54, 1.807) is 13.2 Å². The van der Waals surface area contributed by atoms with E-state index in [1.807, 2.05) is 24.3 Å². The lowest BCUT2D eigenvalue weighted by atomic mass is 9.94. The molecule has 0 saturated heterocycles. The van der Waals surface area contributed by atoms with E-state index in [-0.39, 0.29) is 11.9 Å². The van der Waals surface area contributed by atoms with Crippen LogP contribution in [0.5, 0.6) is 5.75 Å². The van der Waals surface area contributed by atoms with Gasteiger partial charge < -0.3 is 14.6 Å². The van der Waals surface area contributed by atoms with Crippen LogP contribution in [-0.2, 0) is 11.3 Å². The minimum atomic E-state index is -0.648. The molecule has 0 amide bonds. The molecule has 4 heteroatoms. The first-order valence-corrected chi connectivity index (χ1v) is 6.89. The van der Waals surface area contributed by atoms with Crippen molar-refractivity contribution in [3.05, 3.63) is 65.0 Å². The number of benzene rings is 2. The van der Waals surface area contributed by atoms with E-state index in [2.05, 4.69) is 0 Å². The molecule has 3 nitrogen and oxygen atoms in total. The van der Waals surface area contributed by atoms with Crippen LogP contribution in [0.15, 0.2) is 42.5 Å². The zero-order valence-corrected chi connectivity index (χ0v) is 11.8. The number of hydrogen-bond donors (Lipinski definition) is 1. The van der Waals surface area contributed by atoms with Gasteiger partial charge in [0.05, 0.1) is 12.7 Å². The molecule has 0 radical (unpaired) electrons. The van der Waals surface area contributed by atoms with Crippen molar-refractivity contribution in [1.82, 2.24) is 0 Å². The van der Waals surface area contributed by atoms with Gasteiger partial charge in [-0.15, -0.1) is 0 Å². The minimum absolute atomic E-state index is 0.286. The Labute approximate surface area is 122 Å². The van der Waals surface area contributed by atoms with Crippen LogP contribution in [0.1, 0.15) is 35.3 Å². The Balaban J connectivity index is 1.89. The van der Waals surface area contributed by atoms with E-state index in [0.717, 1.165) is 11.1 Å². The lowest BCUT2D eigenvalue weighted by Gasteiger charge is -2.30. The summed E-state index contributed by atoms with van der Waals surface area (Å²) in [6, 6.07) is 12.1. The van der Waals surface area contributed by atoms with E-state index in [1.165, 1.54) is 12.1 Å². The maximum Gasteiger partial charge on any atom is 0.128 e. The maximum absolute atomic E-state index is 13.3. The second-order valence-corrected chi connectivity index (χ2v) is 5.22. The van der Waals surface area contributed by atoms with Crippen molar-refractivity contribution < 1.29 is 19.0 Å². The van der Waals surface area contributed by atoms with Crippen molar-refractivity contribution in [2.75, 3.05) is 7.11 Å². The maximum atomic E-state index is 13.3. The van der Waals surface area contributed by atoms with Crippen molar-refractivity contribution in [2.45, 2.75) is 25.2 Å². The Bertz CT molecular complexity index is 642. The Morgan fingerprint density at radius 1 is 1.29 bits per heavy atom. The fourth-order valence-corrected chi connectivity index (χ4v) is 2.67. The molecule has 1 N–H and O–H groups in total. The molecular formula is C17H17FO3. The Morgan fingerprint density at radius 3 is 2.95 bits per heavy atom. The lowest BCUT2D eigenvalue weighted by molar-refractivity contribution is 0.0652. The monoisotopic (exact) mass is 288 g/mol. The average Bonchev–Trinajstić information content (AvgIpc) is 2.47. The summed E-state index contributed by atoms with van der Waals surface area (Å²) in [5.74, 6) is 0.0469. The van der Waals surface area contributed by atoms with E-state index >= 15 is 0 Å². The van der Waals surface area contributed by atoms with Crippen LogP contribution in [0, 0.1) is 5.82 Å². The molecular weight excluding hydrogens is 271 g/mol. The van der Waals surface area contributed by atoms with Gasteiger partial charge in [0.1, 0.15) is 17.7 Å². The largest absolute Gasteiger partial charge is 0.485 e. The van der Waals surface area contributed by atoms with E-state index in [9.17, 15) is 9.50 Å². The number of hydrogen-bond acceptors (Lipinski definition) is 3. The molecule has 21 heavy (non-hydrogen) atoms. The summed E-state index contributed by atoms with van der Waals surface area (Å²) in [5, 5.41) is 10.2. The minimum Gasteiger partial charge on any atom is -0.485 e. The number of fused-ring (bicyclic) bond motifs is 1. The van der Waals surface area contributed by atoms with E-state index in [4.69, 9.17) is 9.47 Å². The summed E-state index contributed by atoms with van der Waals surface area (Å²) < 4.78 is 24.3. The van der Waals surface area contributed by atoms with Crippen molar-refractivity contribution >= 4 is 0 Å². The third-order valence-electron chi connectivity index (χ3n) is 3.67. The first-order chi connectivity index (χ1) is 10.2. The van der Waals surface area contributed by atoms with Crippen LogP contribution in [0.3, 0.4) is 0 Å². The van der Waals surface area contributed by atoms with Gasteiger partial charge in [0.15, 0.2) is 0 Å². The second kappa shape index (κ2) is 5.84.